The van der Waals surface area contributed by atoms with Gasteiger partial charge in [-0.3, -0.25) is 4.79 Å². The van der Waals surface area contributed by atoms with Crippen LogP contribution >= 0.6 is 0 Å². The maximum Gasteiger partial charge on any atom is 0.225 e. The largest absolute Gasteiger partial charge is 0.378 e. The standard InChI is InChI=1S/C13H24N2O3/c1-2-17-11-3-6-15(7-4-11)13(16)9-12-10-14-5-8-18-12/h11-12,14H,2-10H2,1H3. The van der Waals surface area contributed by atoms with Crippen molar-refractivity contribution in [2.75, 3.05) is 39.4 Å². The van der Waals surface area contributed by atoms with Gasteiger partial charge in [0.25, 0.3) is 0 Å². The Bertz CT molecular complexity index is 259. The van der Waals surface area contributed by atoms with Gasteiger partial charge in [0.2, 0.25) is 5.91 Å². The van der Waals surface area contributed by atoms with Gasteiger partial charge in [-0.1, -0.05) is 0 Å². The Kier molecular flexibility index (Phi) is 5.41. The van der Waals surface area contributed by atoms with Gasteiger partial charge in [0, 0.05) is 32.8 Å². The third-order valence-corrected chi connectivity index (χ3v) is 3.60. The molecule has 2 saturated heterocycles. The number of morpholine rings is 1. The second-order valence-electron chi connectivity index (χ2n) is 4.94. The van der Waals surface area contributed by atoms with Crippen LogP contribution in [0.5, 0.6) is 0 Å². The molecule has 1 amide bonds. The highest BCUT2D eigenvalue weighted by molar-refractivity contribution is 5.76. The molecular formula is C13H24N2O3. The lowest BCUT2D eigenvalue weighted by molar-refractivity contribution is -0.137. The van der Waals surface area contributed by atoms with Crippen LogP contribution in [0.3, 0.4) is 0 Å². The molecule has 0 aromatic carbocycles. The minimum atomic E-state index is 0.0517. The molecule has 18 heavy (non-hydrogen) atoms. The van der Waals surface area contributed by atoms with E-state index in [9.17, 15) is 4.79 Å². The lowest BCUT2D eigenvalue weighted by Crippen LogP contribution is -2.45. The van der Waals surface area contributed by atoms with E-state index in [1.54, 1.807) is 0 Å². The molecule has 0 saturated carbocycles. The van der Waals surface area contributed by atoms with Crippen LogP contribution in [0.4, 0.5) is 0 Å². The zero-order valence-electron chi connectivity index (χ0n) is 11.2. The fourth-order valence-corrected chi connectivity index (χ4v) is 2.58. The summed E-state index contributed by atoms with van der Waals surface area (Å²) in [6.07, 6.45) is 2.82. The van der Waals surface area contributed by atoms with E-state index in [4.69, 9.17) is 9.47 Å². The van der Waals surface area contributed by atoms with Gasteiger partial charge in [0.15, 0.2) is 0 Å². The van der Waals surface area contributed by atoms with E-state index < -0.39 is 0 Å². The number of ether oxygens (including phenoxy) is 2. The number of piperidine rings is 1. The predicted octanol–water partition coefficient (Wildman–Crippen LogP) is 0.392. The Morgan fingerprint density at radius 1 is 1.44 bits per heavy atom. The van der Waals surface area contributed by atoms with E-state index in [1.807, 2.05) is 11.8 Å². The summed E-state index contributed by atoms with van der Waals surface area (Å²) in [7, 11) is 0. The molecule has 0 aromatic rings. The molecule has 2 fully saturated rings. The number of nitrogens with zero attached hydrogens (tertiary/aromatic N) is 1. The highest BCUT2D eigenvalue weighted by Crippen LogP contribution is 2.15. The summed E-state index contributed by atoms with van der Waals surface area (Å²) in [5, 5.41) is 3.25. The first-order valence-electron chi connectivity index (χ1n) is 7.01. The lowest BCUT2D eigenvalue weighted by atomic mass is 10.1. The van der Waals surface area contributed by atoms with E-state index in [1.165, 1.54) is 0 Å². The monoisotopic (exact) mass is 256 g/mol. The number of nitrogens with one attached hydrogen (secondary N) is 1. The lowest BCUT2D eigenvalue weighted by Gasteiger charge is -2.33. The van der Waals surface area contributed by atoms with Crippen LogP contribution in [0.2, 0.25) is 0 Å². The molecule has 2 aliphatic rings. The summed E-state index contributed by atoms with van der Waals surface area (Å²) < 4.78 is 11.2. The zero-order chi connectivity index (χ0) is 12.8. The molecule has 2 aliphatic heterocycles. The van der Waals surface area contributed by atoms with Crippen molar-refractivity contribution in [1.82, 2.24) is 10.2 Å². The molecule has 5 heteroatoms. The number of rotatable bonds is 4. The minimum Gasteiger partial charge on any atom is -0.378 e. The van der Waals surface area contributed by atoms with E-state index in [2.05, 4.69) is 5.32 Å². The van der Waals surface area contributed by atoms with Crippen molar-refractivity contribution in [3.05, 3.63) is 0 Å². The summed E-state index contributed by atoms with van der Waals surface area (Å²) >= 11 is 0. The Balaban J connectivity index is 1.70. The Hall–Kier alpha value is -0.650. The van der Waals surface area contributed by atoms with Gasteiger partial charge in [0.05, 0.1) is 25.2 Å². The van der Waals surface area contributed by atoms with Gasteiger partial charge >= 0.3 is 0 Å². The molecule has 104 valence electrons. The van der Waals surface area contributed by atoms with Crippen LogP contribution in [-0.4, -0.2) is 62.4 Å². The maximum atomic E-state index is 12.1. The fraction of sp³-hybridized carbons (Fsp3) is 0.923. The van der Waals surface area contributed by atoms with Crippen LogP contribution < -0.4 is 5.32 Å². The molecule has 0 spiro atoms. The maximum absolute atomic E-state index is 12.1. The number of hydrogen-bond acceptors (Lipinski definition) is 4. The highest BCUT2D eigenvalue weighted by atomic mass is 16.5. The van der Waals surface area contributed by atoms with E-state index in [0.29, 0.717) is 19.1 Å². The molecule has 0 bridgehead atoms. The van der Waals surface area contributed by atoms with Crippen molar-refractivity contribution >= 4 is 5.91 Å². The summed E-state index contributed by atoms with van der Waals surface area (Å²) in [4.78, 5) is 14.1. The van der Waals surface area contributed by atoms with Crippen molar-refractivity contribution in [3.8, 4) is 0 Å². The Labute approximate surface area is 109 Å². The summed E-state index contributed by atoms with van der Waals surface area (Å²) in [5.74, 6) is 0.221. The first-order valence-corrected chi connectivity index (χ1v) is 7.01. The number of likely N-dealkylation sites (tertiary alicyclic amines) is 1. The molecule has 1 unspecified atom stereocenters. The van der Waals surface area contributed by atoms with Crippen molar-refractivity contribution in [1.29, 1.82) is 0 Å². The van der Waals surface area contributed by atoms with Gasteiger partial charge in [-0.05, 0) is 19.8 Å². The van der Waals surface area contributed by atoms with Crippen molar-refractivity contribution in [2.24, 2.45) is 0 Å². The smallest absolute Gasteiger partial charge is 0.225 e. The molecular weight excluding hydrogens is 232 g/mol. The van der Waals surface area contributed by atoms with Gasteiger partial charge < -0.3 is 19.7 Å². The van der Waals surface area contributed by atoms with Crippen LogP contribution in [0, 0.1) is 0 Å². The molecule has 0 aliphatic carbocycles. The first kappa shape index (κ1) is 13.8. The third kappa shape index (κ3) is 3.93. The van der Waals surface area contributed by atoms with Gasteiger partial charge in [0.1, 0.15) is 0 Å². The van der Waals surface area contributed by atoms with Crippen LogP contribution in [0.1, 0.15) is 26.2 Å². The second kappa shape index (κ2) is 7.07. The molecule has 0 radical (unpaired) electrons. The molecule has 1 N–H and O–H groups in total. The van der Waals surface area contributed by atoms with Crippen molar-refractivity contribution in [2.45, 2.75) is 38.4 Å². The number of carbonyl (C=O) groups is 1. The molecule has 2 rings (SSSR count). The van der Waals surface area contributed by atoms with Crippen molar-refractivity contribution < 1.29 is 14.3 Å². The third-order valence-electron chi connectivity index (χ3n) is 3.60. The zero-order valence-corrected chi connectivity index (χ0v) is 11.2. The van der Waals surface area contributed by atoms with E-state index in [0.717, 1.165) is 45.6 Å². The molecule has 0 aromatic heterocycles. The molecule has 1 atom stereocenters. The second-order valence-corrected chi connectivity index (χ2v) is 4.94. The minimum absolute atomic E-state index is 0.0517. The fourth-order valence-electron chi connectivity index (χ4n) is 2.58. The normalized spacial score (nSPS) is 26.3. The van der Waals surface area contributed by atoms with Gasteiger partial charge in [-0.25, -0.2) is 0 Å². The average molecular weight is 256 g/mol. The van der Waals surface area contributed by atoms with E-state index in [-0.39, 0.29) is 12.0 Å². The topological polar surface area (TPSA) is 50.8 Å². The number of carbonyl (C=O) groups excluding carboxylic acids is 1. The Morgan fingerprint density at radius 3 is 2.83 bits per heavy atom. The first-order chi connectivity index (χ1) is 8.79. The predicted molar refractivity (Wildman–Crippen MR) is 68.5 cm³/mol. The summed E-state index contributed by atoms with van der Waals surface area (Å²) in [5.41, 5.74) is 0. The average Bonchev–Trinajstić information content (AvgIpc) is 2.41. The van der Waals surface area contributed by atoms with Gasteiger partial charge in [-0.2, -0.15) is 0 Å². The number of amides is 1. The number of hydrogen-bond donors (Lipinski definition) is 1. The van der Waals surface area contributed by atoms with Gasteiger partial charge in [-0.15, -0.1) is 0 Å². The van der Waals surface area contributed by atoms with Crippen LogP contribution in [-0.2, 0) is 14.3 Å². The van der Waals surface area contributed by atoms with Crippen LogP contribution in [0.25, 0.3) is 0 Å². The highest BCUT2D eigenvalue weighted by Gasteiger charge is 2.25. The van der Waals surface area contributed by atoms with E-state index >= 15 is 0 Å². The summed E-state index contributed by atoms with van der Waals surface area (Å²) in [6, 6.07) is 0. The quantitative estimate of drug-likeness (QED) is 0.790. The molecule has 2 heterocycles. The van der Waals surface area contributed by atoms with Crippen LogP contribution in [0.15, 0.2) is 0 Å². The SMILES string of the molecule is CCOC1CCN(C(=O)CC2CNCCO2)CC1. The summed E-state index contributed by atoms with van der Waals surface area (Å²) in [6.45, 7) is 6.83. The molecule has 5 nitrogen and oxygen atoms in total. The van der Waals surface area contributed by atoms with Crippen molar-refractivity contribution in [3.63, 3.8) is 0 Å². The Morgan fingerprint density at radius 2 is 2.22 bits per heavy atom.